The summed E-state index contributed by atoms with van der Waals surface area (Å²) in [5.74, 6) is -0.207. The van der Waals surface area contributed by atoms with Gasteiger partial charge in [-0.2, -0.15) is 0 Å². The summed E-state index contributed by atoms with van der Waals surface area (Å²) in [5.41, 5.74) is 1.91. The third kappa shape index (κ3) is 2.92. The van der Waals surface area contributed by atoms with Crippen molar-refractivity contribution in [2.45, 2.75) is 18.9 Å². The number of nitrogens with zero attached hydrogens (tertiary/aromatic N) is 2. The summed E-state index contributed by atoms with van der Waals surface area (Å²) in [4.78, 5) is 29.7. The highest BCUT2D eigenvalue weighted by molar-refractivity contribution is 9.10. The van der Waals surface area contributed by atoms with Crippen LogP contribution >= 0.6 is 15.9 Å². The third-order valence-corrected chi connectivity index (χ3v) is 5.42. The molecule has 6 nitrogen and oxygen atoms in total. The minimum atomic E-state index is -0.187. The molecule has 0 saturated carbocycles. The van der Waals surface area contributed by atoms with E-state index in [1.807, 2.05) is 24.3 Å². The van der Waals surface area contributed by atoms with Gasteiger partial charge < -0.3 is 15.0 Å². The Bertz CT molecular complexity index is 1030. The normalized spacial score (nSPS) is 15.5. The Morgan fingerprint density at radius 3 is 2.65 bits per heavy atom. The fourth-order valence-electron chi connectivity index (χ4n) is 3.61. The SMILES string of the molecule is O=C(c1cc(Br)ccc1O)N1CCC(n2c(=O)[nH]c3ccccc32)CC1. The summed E-state index contributed by atoms with van der Waals surface area (Å²) in [6, 6.07) is 12.5. The summed E-state index contributed by atoms with van der Waals surface area (Å²) >= 11 is 3.33. The molecule has 0 bridgehead atoms. The van der Waals surface area contributed by atoms with Gasteiger partial charge in [0.2, 0.25) is 0 Å². The molecular formula is C19H18BrN3O3. The van der Waals surface area contributed by atoms with Gasteiger partial charge in [0.1, 0.15) is 5.75 Å². The fraction of sp³-hybridized carbons (Fsp3) is 0.263. The van der Waals surface area contributed by atoms with Crippen LogP contribution in [0.4, 0.5) is 0 Å². The predicted octanol–water partition coefficient (Wildman–Crippen LogP) is 3.28. The molecule has 1 fully saturated rings. The summed E-state index contributed by atoms with van der Waals surface area (Å²) in [6.45, 7) is 1.09. The Labute approximate surface area is 158 Å². The quantitative estimate of drug-likeness (QED) is 0.673. The van der Waals surface area contributed by atoms with Gasteiger partial charge in [0.15, 0.2) is 0 Å². The van der Waals surface area contributed by atoms with Crippen molar-refractivity contribution in [1.29, 1.82) is 0 Å². The first kappa shape index (κ1) is 16.9. The van der Waals surface area contributed by atoms with Gasteiger partial charge in [-0.15, -0.1) is 0 Å². The number of aromatic amines is 1. The van der Waals surface area contributed by atoms with E-state index < -0.39 is 0 Å². The number of hydrogen-bond acceptors (Lipinski definition) is 3. The van der Waals surface area contributed by atoms with E-state index in [9.17, 15) is 14.7 Å². The van der Waals surface area contributed by atoms with Crippen molar-refractivity contribution in [3.05, 3.63) is 63.0 Å². The number of H-pyrrole nitrogens is 1. The second kappa shape index (κ2) is 6.64. The van der Waals surface area contributed by atoms with Crippen LogP contribution in [0.2, 0.25) is 0 Å². The lowest BCUT2D eigenvalue weighted by Gasteiger charge is -2.32. The van der Waals surface area contributed by atoms with E-state index in [2.05, 4.69) is 20.9 Å². The zero-order valence-corrected chi connectivity index (χ0v) is 15.6. The molecule has 1 aromatic heterocycles. The Morgan fingerprint density at radius 1 is 1.15 bits per heavy atom. The molecule has 7 heteroatoms. The maximum atomic E-state index is 12.7. The Kier molecular flexibility index (Phi) is 4.32. The van der Waals surface area contributed by atoms with Crippen molar-refractivity contribution >= 4 is 32.9 Å². The predicted molar refractivity (Wildman–Crippen MR) is 103 cm³/mol. The lowest BCUT2D eigenvalue weighted by molar-refractivity contribution is 0.0692. The number of imidazole rings is 1. The molecule has 1 saturated heterocycles. The largest absolute Gasteiger partial charge is 0.507 e. The van der Waals surface area contributed by atoms with Crippen LogP contribution in [-0.4, -0.2) is 38.6 Å². The van der Waals surface area contributed by atoms with Crippen LogP contribution in [0.1, 0.15) is 29.2 Å². The van der Waals surface area contributed by atoms with E-state index in [0.717, 1.165) is 15.5 Å². The lowest BCUT2D eigenvalue weighted by Crippen LogP contribution is -2.40. The molecule has 2 heterocycles. The number of piperidine rings is 1. The van der Waals surface area contributed by atoms with Gasteiger partial charge in [0.05, 0.1) is 16.6 Å². The molecule has 4 rings (SSSR count). The average molecular weight is 416 g/mol. The number of phenols is 1. The van der Waals surface area contributed by atoms with Crippen molar-refractivity contribution < 1.29 is 9.90 Å². The Hall–Kier alpha value is -2.54. The molecule has 0 spiro atoms. The van der Waals surface area contributed by atoms with Gasteiger partial charge in [-0.3, -0.25) is 9.36 Å². The first-order valence-corrected chi connectivity index (χ1v) is 9.31. The number of halogens is 1. The number of likely N-dealkylation sites (tertiary alicyclic amines) is 1. The molecule has 26 heavy (non-hydrogen) atoms. The fourth-order valence-corrected chi connectivity index (χ4v) is 3.97. The second-order valence-electron chi connectivity index (χ2n) is 6.50. The number of nitrogens with one attached hydrogen (secondary N) is 1. The van der Waals surface area contributed by atoms with Crippen molar-refractivity contribution in [3.63, 3.8) is 0 Å². The molecule has 2 N–H and O–H groups in total. The standard InChI is InChI=1S/C19H18BrN3O3/c20-12-5-6-17(24)14(11-12)18(25)22-9-7-13(8-10-22)23-16-4-2-1-3-15(16)21-19(23)26/h1-6,11,13,24H,7-10H2,(H,21,26). The molecule has 2 aromatic carbocycles. The molecular weight excluding hydrogens is 398 g/mol. The topological polar surface area (TPSA) is 78.3 Å². The number of carbonyl (C=O) groups is 1. The number of amides is 1. The summed E-state index contributed by atoms with van der Waals surface area (Å²) in [7, 11) is 0. The number of aromatic hydroxyl groups is 1. The number of rotatable bonds is 2. The maximum Gasteiger partial charge on any atom is 0.326 e. The van der Waals surface area contributed by atoms with Crippen molar-refractivity contribution in [3.8, 4) is 5.75 Å². The van der Waals surface area contributed by atoms with Crippen LogP contribution in [0.25, 0.3) is 11.0 Å². The molecule has 1 aliphatic heterocycles. The van der Waals surface area contributed by atoms with E-state index in [1.54, 1.807) is 21.6 Å². The molecule has 134 valence electrons. The lowest BCUT2D eigenvalue weighted by atomic mass is 10.0. The third-order valence-electron chi connectivity index (χ3n) is 4.93. The van der Waals surface area contributed by atoms with Crippen LogP contribution in [0.3, 0.4) is 0 Å². The van der Waals surface area contributed by atoms with Gasteiger partial charge in [0, 0.05) is 23.6 Å². The van der Waals surface area contributed by atoms with Crippen molar-refractivity contribution in [2.24, 2.45) is 0 Å². The van der Waals surface area contributed by atoms with Gasteiger partial charge in [0.25, 0.3) is 5.91 Å². The number of phenolic OH excluding ortho intramolecular Hbond substituents is 1. The number of fused-ring (bicyclic) bond motifs is 1. The van der Waals surface area contributed by atoms with E-state index in [-0.39, 0.29) is 23.4 Å². The molecule has 1 amide bonds. The highest BCUT2D eigenvalue weighted by atomic mass is 79.9. The van der Waals surface area contributed by atoms with Crippen molar-refractivity contribution in [2.75, 3.05) is 13.1 Å². The molecule has 0 unspecified atom stereocenters. The number of carbonyl (C=O) groups excluding carboxylic acids is 1. The number of benzene rings is 2. The number of hydrogen-bond donors (Lipinski definition) is 2. The van der Waals surface area contributed by atoms with Gasteiger partial charge in [-0.05, 0) is 43.2 Å². The minimum absolute atomic E-state index is 0.0202. The van der Waals surface area contributed by atoms with Crippen LogP contribution in [0, 0.1) is 0 Å². The molecule has 0 radical (unpaired) electrons. The first-order valence-electron chi connectivity index (χ1n) is 8.51. The molecule has 0 atom stereocenters. The Morgan fingerprint density at radius 2 is 1.88 bits per heavy atom. The van der Waals surface area contributed by atoms with Gasteiger partial charge in [-0.25, -0.2) is 4.79 Å². The summed E-state index contributed by atoms with van der Waals surface area (Å²) in [5, 5.41) is 9.98. The monoisotopic (exact) mass is 415 g/mol. The molecule has 3 aromatic rings. The van der Waals surface area contributed by atoms with Crippen LogP contribution in [0.15, 0.2) is 51.7 Å². The number of para-hydroxylation sites is 2. The minimum Gasteiger partial charge on any atom is -0.507 e. The van der Waals surface area contributed by atoms with Crippen molar-refractivity contribution in [1.82, 2.24) is 14.5 Å². The van der Waals surface area contributed by atoms with E-state index in [4.69, 9.17) is 0 Å². The Balaban J connectivity index is 1.54. The van der Waals surface area contributed by atoms with E-state index in [1.165, 1.54) is 6.07 Å². The first-order chi connectivity index (χ1) is 12.5. The second-order valence-corrected chi connectivity index (χ2v) is 7.42. The van der Waals surface area contributed by atoms with Crippen LogP contribution < -0.4 is 5.69 Å². The summed E-state index contributed by atoms with van der Waals surface area (Å²) < 4.78 is 2.55. The maximum absolute atomic E-state index is 12.7. The van der Waals surface area contributed by atoms with Gasteiger partial charge in [-0.1, -0.05) is 28.1 Å². The molecule has 1 aliphatic rings. The highest BCUT2D eigenvalue weighted by Gasteiger charge is 2.27. The number of aromatic nitrogens is 2. The van der Waals surface area contributed by atoms with E-state index in [0.29, 0.717) is 31.5 Å². The van der Waals surface area contributed by atoms with Crippen LogP contribution in [-0.2, 0) is 0 Å². The highest BCUT2D eigenvalue weighted by Crippen LogP contribution is 2.28. The molecule has 0 aliphatic carbocycles. The zero-order chi connectivity index (χ0) is 18.3. The summed E-state index contributed by atoms with van der Waals surface area (Å²) in [6.07, 6.45) is 1.39. The zero-order valence-electron chi connectivity index (χ0n) is 14.0. The van der Waals surface area contributed by atoms with E-state index >= 15 is 0 Å². The smallest absolute Gasteiger partial charge is 0.326 e. The van der Waals surface area contributed by atoms with Gasteiger partial charge >= 0.3 is 5.69 Å². The average Bonchev–Trinajstić information content (AvgIpc) is 2.99. The van der Waals surface area contributed by atoms with Crippen LogP contribution in [0.5, 0.6) is 5.75 Å².